The summed E-state index contributed by atoms with van der Waals surface area (Å²) in [5.41, 5.74) is 0. The third-order valence-electron chi connectivity index (χ3n) is 3.33. The van der Waals surface area contributed by atoms with Crippen LogP contribution in [0.1, 0.15) is 19.8 Å². The van der Waals surface area contributed by atoms with Crippen LogP contribution in [-0.4, -0.2) is 38.4 Å². The minimum absolute atomic E-state index is 0.113. The Morgan fingerprint density at radius 2 is 2.17 bits per heavy atom. The first-order chi connectivity index (χ1) is 11.0. The highest BCUT2D eigenvalue weighted by atomic mass is 31.2. The molecule has 7 nitrogen and oxygen atoms in total. The number of benzene rings is 1. The number of hydrogen-bond donors (Lipinski definition) is 1. The molecule has 0 aliphatic carbocycles. The third kappa shape index (κ3) is 5.62. The molecule has 128 valence electrons. The first kappa shape index (κ1) is 17.9. The highest BCUT2D eigenvalue weighted by molar-refractivity contribution is 7.52. The summed E-state index contributed by atoms with van der Waals surface area (Å²) in [5.74, 6) is -0.171. The average molecular weight is 343 g/mol. The third-order valence-corrected chi connectivity index (χ3v) is 4.97. The molecule has 0 spiro atoms. The van der Waals surface area contributed by atoms with Crippen molar-refractivity contribution in [3.05, 3.63) is 30.3 Å². The van der Waals surface area contributed by atoms with Gasteiger partial charge in [-0.1, -0.05) is 18.2 Å². The van der Waals surface area contributed by atoms with Gasteiger partial charge in [0.2, 0.25) is 0 Å². The van der Waals surface area contributed by atoms with Crippen molar-refractivity contribution >= 4 is 13.7 Å². The molecule has 1 saturated heterocycles. The van der Waals surface area contributed by atoms with Crippen LogP contribution in [0.3, 0.4) is 0 Å². The standard InChI is InChI=1S/C15H22NO6P/c1-12(15(17)19-2)16-23(18,21-11-14-9-6-10-20-14)22-13-7-4-3-5-8-13/h3-5,7-8,12,14H,6,9-11H2,1-2H3,(H,16,18)/t12-,14?,23-/m0/s1. The Morgan fingerprint density at radius 1 is 1.43 bits per heavy atom. The van der Waals surface area contributed by atoms with Gasteiger partial charge in [-0.25, -0.2) is 4.57 Å². The monoisotopic (exact) mass is 343 g/mol. The molecule has 1 aliphatic rings. The van der Waals surface area contributed by atoms with Gasteiger partial charge in [-0.3, -0.25) is 9.32 Å². The predicted molar refractivity (Wildman–Crippen MR) is 84.2 cm³/mol. The van der Waals surface area contributed by atoms with E-state index in [0.717, 1.165) is 12.8 Å². The first-order valence-electron chi connectivity index (χ1n) is 7.49. The van der Waals surface area contributed by atoms with Crippen molar-refractivity contribution in [2.75, 3.05) is 20.3 Å². The van der Waals surface area contributed by atoms with E-state index in [-0.39, 0.29) is 12.7 Å². The van der Waals surface area contributed by atoms with E-state index < -0.39 is 19.8 Å². The number of hydrogen-bond acceptors (Lipinski definition) is 6. The smallest absolute Gasteiger partial charge is 0.459 e. The topological polar surface area (TPSA) is 83.1 Å². The molecule has 0 aromatic heterocycles. The van der Waals surface area contributed by atoms with Crippen molar-refractivity contribution < 1.29 is 27.9 Å². The van der Waals surface area contributed by atoms with Crippen molar-refractivity contribution in [1.82, 2.24) is 5.09 Å². The Balaban J connectivity index is 2.05. The lowest BCUT2D eigenvalue weighted by molar-refractivity contribution is -0.142. The zero-order chi connectivity index (χ0) is 16.7. The maximum absolute atomic E-state index is 13.0. The molecule has 1 heterocycles. The first-order valence-corrected chi connectivity index (χ1v) is 9.03. The SMILES string of the molecule is COC(=O)[C@H](C)N[P@](=O)(OCC1CCCO1)Oc1ccccc1. The fourth-order valence-electron chi connectivity index (χ4n) is 2.13. The zero-order valence-electron chi connectivity index (χ0n) is 13.3. The van der Waals surface area contributed by atoms with Crippen molar-refractivity contribution in [3.63, 3.8) is 0 Å². The summed E-state index contributed by atoms with van der Waals surface area (Å²) in [7, 11) is -2.49. The number of nitrogens with one attached hydrogen (secondary N) is 1. The predicted octanol–water partition coefficient (Wildman–Crippen LogP) is 2.52. The van der Waals surface area contributed by atoms with E-state index in [1.54, 1.807) is 24.3 Å². The number of carbonyl (C=O) groups excluding carboxylic acids is 1. The number of rotatable bonds is 8. The summed E-state index contributed by atoms with van der Waals surface area (Å²) in [6, 6.07) is 7.81. The van der Waals surface area contributed by atoms with Crippen molar-refractivity contribution in [3.8, 4) is 5.75 Å². The van der Waals surface area contributed by atoms with Crippen molar-refractivity contribution in [1.29, 1.82) is 0 Å². The Labute approximate surface area is 135 Å². The summed E-state index contributed by atoms with van der Waals surface area (Å²) in [4.78, 5) is 11.6. The van der Waals surface area contributed by atoms with E-state index in [1.807, 2.05) is 6.07 Å². The van der Waals surface area contributed by atoms with Crippen molar-refractivity contribution in [2.24, 2.45) is 0 Å². The fourth-order valence-corrected chi connectivity index (χ4v) is 3.66. The van der Waals surface area contributed by atoms with Gasteiger partial charge in [0.25, 0.3) is 0 Å². The summed E-state index contributed by atoms with van der Waals surface area (Å²) in [6.45, 7) is 2.33. The van der Waals surface area contributed by atoms with Gasteiger partial charge in [0, 0.05) is 6.61 Å². The second-order valence-electron chi connectivity index (χ2n) is 5.21. The normalized spacial score (nSPS) is 21.4. The van der Waals surface area contributed by atoms with E-state index in [1.165, 1.54) is 14.0 Å². The van der Waals surface area contributed by atoms with Gasteiger partial charge in [-0.05, 0) is 31.9 Å². The Bertz CT molecular complexity index is 546. The quantitative estimate of drug-likeness (QED) is 0.573. The molecule has 3 atom stereocenters. The maximum atomic E-state index is 13.0. The second kappa shape index (κ2) is 8.45. The Hall–Kier alpha value is -1.40. The van der Waals surface area contributed by atoms with Crippen LogP contribution in [0, 0.1) is 0 Å². The molecule has 23 heavy (non-hydrogen) atoms. The minimum Gasteiger partial charge on any atom is -0.468 e. The molecule has 0 bridgehead atoms. The van der Waals surface area contributed by atoms with Gasteiger partial charge in [0.15, 0.2) is 0 Å². The van der Waals surface area contributed by atoms with Gasteiger partial charge in [-0.2, -0.15) is 5.09 Å². The number of para-hydroxylation sites is 1. The molecule has 1 aromatic carbocycles. The van der Waals surface area contributed by atoms with Gasteiger partial charge in [-0.15, -0.1) is 0 Å². The van der Waals surface area contributed by atoms with Gasteiger partial charge >= 0.3 is 13.7 Å². The Kier molecular flexibility index (Phi) is 6.59. The molecule has 1 aromatic rings. The number of ether oxygens (including phenoxy) is 2. The summed E-state index contributed by atoms with van der Waals surface area (Å²) in [6.07, 6.45) is 1.68. The zero-order valence-corrected chi connectivity index (χ0v) is 14.2. The van der Waals surface area contributed by atoms with Crippen molar-refractivity contribution in [2.45, 2.75) is 31.9 Å². The lowest BCUT2D eigenvalue weighted by atomic mass is 10.2. The lowest BCUT2D eigenvalue weighted by Gasteiger charge is -2.23. The summed E-state index contributed by atoms with van der Waals surface area (Å²) >= 11 is 0. The lowest BCUT2D eigenvalue weighted by Crippen LogP contribution is -2.35. The van der Waals surface area contributed by atoms with Crippen LogP contribution in [0.2, 0.25) is 0 Å². The van der Waals surface area contributed by atoms with E-state index in [0.29, 0.717) is 12.4 Å². The van der Waals surface area contributed by atoms with Crippen LogP contribution in [0.4, 0.5) is 0 Å². The maximum Gasteiger partial charge on any atom is 0.459 e. The van der Waals surface area contributed by atoms with Crippen LogP contribution in [0.25, 0.3) is 0 Å². The van der Waals surface area contributed by atoms with Gasteiger partial charge < -0.3 is 14.0 Å². The second-order valence-corrected chi connectivity index (χ2v) is 6.90. The molecule has 8 heteroatoms. The molecule has 1 unspecified atom stereocenters. The van der Waals surface area contributed by atoms with Gasteiger partial charge in [0.05, 0.1) is 19.8 Å². The molecule has 0 radical (unpaired) electrons. The number of methoxy groups -OCH3 is 1. The van der Waals surface area contributed by atoms with E-state index >= 15 is 0 Å². The highest BCUT2D eigenvalue weighted by Crippen LogP contribution is 2.45. The molecular formula is C15H22NO6P. The van der Waals surface area contributed by atoms with Crippen LogP contribution >= 0.6 is 7.75 Å². The summed E-state index contributed by atoms with van der Waals surface area (Å²) < 4.78 is 34.0. The fraction of sp³-hybridized carbons (Fsp3) is 0.533. The molecule has 0 amide bonds. The van der Waals surface area contributed by atoms with Crippen LogP contribution in [-0.2, 0) is 23.4 Å². The molecule has 2 rings (SSSR count). The van der Waals surface area contributed by atoms with Crippen LogP contribution in [0.15, 0.2) is 30.3 Å². The molecule has 1 fully saturated rings. The number of carbonyl (C=O) groups is 1. The van der Waals surface area contributed by atoms with E-state index in [9.17, 15) is 9.36 Å². The van der Waals surface area contributed by atoms with E-state index in [2.05, 4.69) is 9.82 Å². The number of esters is 1. The minimum atomic E-state index is -3.75. The average Bonchev–Trinajstić information content (AvgIpc) is 3.06. The Morgan fingerprint density at radius 3 is 2.78 bits per heavy atom. The molecule has 1 aliphatic heterocycles. The molecule has 0 saturated carbocycles. The van der Waals surface area contributed by atoms with Gasteiger partial charge in [0.1, 0.15) is 11.8 Å². The highest BCUT2D eigenvalue weighted by Gasteiger charge is 2.33. The molecular weight excluding hydrogens is 321 g/mol. The van der Waals surface area contributed by atoms with Crippen LogP contribution in [0.5, 0.6) is 5.75 Å². The summed E-state index contributed by atoms with van der Waals surface area (Å²) in [5, 5.41) is 2.60. The van der Waals surface area contributed by atoms with Crippen LogP contribution < -0.4 is 9.61 Å². The largest absolute Gasteiger partial charge is 0.468 e. The molecule has 1 N–H and O–H groups in total. The van der Waals surface area contributed by atoms with E-state index in [4.69, 9.17) is 13.8 Å².